The second-order valence-electron chi connectivity index (χ2n) is 8.89. The summed E-state index contributed by atoms with van der Waals surface area (Å²) in [6.45, 7) is 0.820. The second-order valence-corrected chi connectivity index (χ2v) is 8.89. The van der Waals surface area contributed by atoms with Crippen LogP contribution in [0.2, 0.25) is 0 Å². The van der Waals surface area contributed by atoms with Gasteiger partial charge in [0.2, 0.25) is 0 Å². The fourth-order valence-electron chi connectivity index (χ4n) is 4.58. The van der Waals surface area contributed by atoms with E-state index in [1.807, 2.05) is 47.2 Å². The van der Waals surface area contributed by atoms with Gasteiger partial charge in [-0.25, -0.2) is 19.0 Å². The number of halogens is 1. The summed E-state index contributed by atoms with van der Waals surface area (Å²) in [4.78, 5) is 29.5. The minimum Gasteiger partial charge on any atom is -0.493 e. The number of esters is 1. The molecule has 9 heteroatoms. The lowest BCUT2D eigenvalue weighted by Gasteiger charge is -2.26. The average Bonchev–Trinajstić information content (AvgIpc) is 3.34. The number of amides is 1. The van der Waals surface area contributed by atoms with Crippen LogP contribution in [0.5, 0.6) is 5.75 Å². The van der Waals surface area contributed by atoms with E-state index in [-0.39, 0.29) is 5.82 Å². The Hall–Kier alpha value is -4.66. The van der Waals surface area contributed by atoms with E-state index in [1.165, 1.54) is 30.2 Å². The number of methoxy groups -OCH3 is 1. The van der Waals surface area contributed by atoms with E-state index in [0.29, 0.717) is 42.4 Å². The van der Waals surface area contributed by atoms with Crippen molar-refractivity contribution in [3.8, 4) is 5.75 Å². The van der Waals surface area contributed by atoms with Crippen LogP contribution in [0.4, 0.5) is 15.0 Å². The molecule has 0 saturated carbocycles. The van der Waals surface area contributed by atoms with Crippen LogP contribution in [0.15, 0.2) is 72.9 Å². The van der Waals surface area contributed by atoms with E-state index in [1.54, 1.807) is 12.1 Å². The summed E-state index contributed by atoms with van der Waals surface area (Å²) in [5.41, 5.74) is 3.76. The molecule has 1 aliphatic rings. The molecule has 0 spiro atoms. The zero-order chi connectivity index (χ0) is 26.6. The van der Waals surface area contributed by atoms with E-state index < -0.39 is 12.1 Å². The van der Waals surface area contributed by atoms with Gasteiger partial charge in [0.05, 0.1) is 24.9 Å². The lowest BCUT2D eigenvalue weighted by Crippen LogP contribution is -2.35. The molecule has 0 unspecified atom stereocenters. The molecule has 0 radical (unpaired) electrons. The normalized spacial score (nSPS) is 13.3. The number of hydrogen-bond donors (Lipinski definition) is 1. The van der Waals surface area contributed by atoms with Crippen molar-refractivity contribution in [3.05, 3.63) is 95.6 Å². The molecule has 4 aromatic rings. The number of ether oxygens (including phenoxy) is 2. The first-order valence-corrected chi connectivity index (χ1v) is 12.2. The van der Waals surface area contributed by atoms with Crippen molar-refractivity contribution in [1.82, 2.24) is 9.55 Å². The van der Waals surface area contributed by atoms with Gasteiger partial charge >= 0.3 is 12.1 Å². The second kappa shape index (κ2) is 10.8. The maximum Gasteiger partial charge on any atom is 0.413 e. The number of carbonyl (C=O) groups excluding carboxylic acids is 1. The maximum atomic E-state index is 13.5. The van der Waals surface area contributed by atoms with Gasteiger partial charge in [0.15, 0.2) is 0 Å². The molecule has 8 nitrogen and oxygen atoms in total. The van der Waals surface area contributed by atoms with Crippen LogP contribution < -0.4 is 9.64 Å². The maximum absolute atomic E-state index is 13.5. The molecule has 0 fully saturated rings. The molecule has 0 saturated heterocycles. The van der Waals surface area contributed by atoms with Gasteiger partial charge in [0, 0.05) is 36.3 Å². The van der Waals surface area contributed by atoms with Crippen LogP contribution in [0.25, 0.3) is 16.6 Å². The standard InChI is InChI=1S/C29H26FN3O5/c1-37-27(34)18-26(19-4-7-22(30)8-5-19)32-15-12-21-17-24(10-11-25(21)32)38-16-13-23-9-6-20-3-2-14-33(29(35)36)28(20)31-23/h4-12,15,17-18H,2-3,13-14,16H2,1H3,(H,35,36). The number of nitrogens with zero attached hydrogens (tertiary/aromatic N) is 3. The Labute approximate surface area is 218 Å². The SMILES string of the molecule is COC(=O)C=C(c1ccc(F)cc1)n1ccc2cc(OCCc3ccc4c(n3)N(C(=O)O)CCC4)ccc21. The Morgan fingerprint density at radius 2 is 1.92 bits per heavy atom. The first-order valence-electron chi connectivity index (χ1n) is 12.2. The Morgan fingerprint density at radius 1 is 1.11 bits per heavy atom. The lowest BCUT2D eigenvalue weighted by atomic mass is 10.1. The number of rotatable bonds is 7. The number of aromatic nitrogens is 2. The third-order valence-electron chi connectivity index (χ3n) is 6.47. The van der Waals surface area contributed by atoms with Crippen LogP contribution in [0.1, 0.15) is 23.2 Å². The first-order chi connectivity index (χ1) is 18.4. The van der Waals surface area contributed by atoms with Gasteiger partial charge in [-0.3, -0.25) is 4.90 Å². The molecule has 0 atom stereocenters. The van der Waals surface area contributed by atoms with Gasteiger partial charge in [0.1, 0.15) is 17.4 Å². The molecular formula is C29H26FN3O5. The monoisotopic (exact) mass is 515 g/mol. The summed E-state index contributed by atoms with van der Waals surface area (Å²) in [6.07, 6.45) is 4.34. The van der Waals surface area contributed by atoms with E-state index in [4.69, 9.17) is 9.47 Å². The number of fused-ring (bicyclic) bond motifs is 2. The Kier molecular flexibility index (Phi) is 7.08. The topological polar surface area (TPSA) is 93.9 Å². The fourth-order valence-corrected chi connectivity index (χ4v) is 4.58. The highest BCUT2D eigenvalue weighted by Crippen LogP contribution is 2.29. The van der Waals surface area contributed by atoms with Crippen LogP contribution >= 0.6 is 0 Å². The summed E-state index contributed by atoms with van der Waals surface area (Å²) in [5.74, 6) is 0.296. The van der Waals surface area contributed by atoms with Gasteiger partial charge in [-0.1, -0.05) is 6.07 Å². The van der Waals surface area contributed by atoms with Crippen molar-refractivity contribution in [3.63, 3.8) is 0 Å². The number of carboxylic acid groups (broad SMARTS) is 1. The number of benzene rings is 2. The van der Waals surface area contributed by atoms with Crippen LogP contribution in [-0.4, -0.2) is 47.0 Å². The van der Waals surface area contributed by atoms with Gasteiger partial charge in [-0.05, 0) is 78.6 Å². The third kappa shape index (κ3) is 5.22. The molecule has 2 aromatic carbocycles. The molecule has 0 bridgehead atoms. The summed E-state index contributed by atoms with van der Waals surface area (Å²) < 4.78 is 26.1. The summed E-state index contributed by atoms with van der Waals surface area (Å²) in [5, 5.41) is 10.4. The van der Waals surface area contributed by atoms with Crippen molar-refractivity contribution < 1.29 is 28.6 Å². The molecule has 38 heavy (non-hydrogen) atoms. The number of carbonyl (C=O) groups is 2. The quantitative estimate of drug-likeness (QED) is 0.266. The van der Waals surface area contributed by atoms with Gasteiger partial charge in [0.25, 0.3) is 0 Å². The van der Waals surface area contributed by atoms with Crippen molar-refractivity contribution in [2.75, 3.05) is 25.2 Å². The van der Waals surface area contributed by atoms with E-state index in [0.717, 1.165) is 35.0 Å². The van der Waals surface area contributed by atoms with Gasteiger partial charge in [-0.2, -0.15) is 0 Å². The summed E-state index contributed by atoms with van der Waals surface area (Å²) >= 11 is 0. The third-order valence-corrected chi connectivity index (χ3v) is 6.47. The highest BCUT2D eigenvalue weighted by molar-refractivity contribution is 5.95. The highest BCUT2D eigenvalue weighted by atomic mass is 19.1. The Bertz CT molecular complexity index is 1530. The van der Waals surface area contributed by atoms with Crippen molar-refractivity contribution in [1.29, 1.82) is 0 Å². The highest BCUT2D eigenvalue weighted by Gasteiger charge is 2.23. The molecule has 3 heterocycles. The zero-order valence-corrected chi connectivity index (χ0v) is 20.8. The van der Waals surface area contributed by atoms with Crippen LogP contribution in [0, 0.1) is 5.82 Å². The van der Waals surface area contributed by atoms with Crippen molar-refractivity contribution >= 4 is 34.5 Å². The van der Waals surface area contributed by atoms with Crippen LogP contribution in [0.3, 0.4) is 0 Å². The molecule has 2 aromatic heterocycles. The number of pyridine rings is 1. The molecule has 1 amide bonds. The summed E-state index contributed by atoms with van der Waals surface area (Å²) in [7, 11) is 1.31. The predicted octanol–water partition coefficient (Wildman–Crippen LogP) is 5.29. The minimum absolute atomic E-state index is 0.366. The lowest BCUT2D eigenvalue weighted by molar-refractivity contribution is -0.134. The predicted molar refractivity (Wildman–Crippen MR) is 141 cm³/mol. The fraction of sp³-hybridized carbons (Fsp3) is 0.207. The molecule has 1 aliphatic heterocycles. The molecule has 194 valence electrons. The van der Waals surface area contributed by atoms with Crippen molar-refractivity contribution in [2.45, 2.75) is 19.3 Å². The zero-order valence-electron chi connectivity index (χ0n) is 20.8. The Morgan fingerprint density at radius 3 is 2.68 bits per heavy atom. The van der Waals surface area contributed by atoms with E-state index in [2.05, 4.69) is 4.98 Å². The van der Waals surface area contributed by atoms with E-state index >= 15 is 0 Å². The smallest absolute Gasteiger partial charge is 0.413 e. The van der Waals surface area contributed by atoms with Gasteiger partial charge in [-0.15, -0.1) is 0 Å². The minimum atomic E-state index is -0.990. The largest absolute Gasteiger partial charge is 0.493 e. The molecule has 1 N–H and O–H groups in total. The van der Waals surface area contributed by atoms with Crippen molar-refractivity contribution in [2.24, 2.45) is 0 Å². The summed E-state index contributed by atoms with van der Waals surface area (Å²) in [6, 6.07) is 17.3. The Balaban J connectivity index is 1.33. The molecule has 5 rings (SSSR count). The van der Waals surface area contributed by atoms with Gasteiger partial charge < -0.3 is 19.1 Å². The number of aryl methyl sites for hydroxylation is 1. The average molecular weight is 516 g/mol. The van der Waals surface area contributed by atoms with E-state index in [9.17, 15) is 19.1 Å². The first kappa shape index (κ1) is 25.0. The molecule has 0 aliphatic carbocycles. The number of anilines is 1. The number of hydrogen-bond acceptors (Lipinski definition) is 5. The van der Waals surface area contributed by atoms with Crippen LogP contribution in [-0.2, 0) is 22.4 Å². The molecular weight excluding hydrogens is 489 g/mol.